The minimum absolute atomic E-state index is 0.336. The molecule has 2 N–H and O–H groups in total. The van der Waals surface area contributed by atoms with Crippen molar-refractivity contribution in [2.45, 2.75) is 44.2 Å². The summed E-state index contributed by atoms with van der Waals surface area (Å²) < 4.78 is 31.1. The van der Waals surface area contributed by atoms with Crippen LogP contribution in [0.5, 0.6) is 0 Å². The number of aliphatic hydroxyl groups is 1. The molecule has 1 aromatic heterocycles. The number of nitrogens with zero attached hydrogens (tertiary/aromatic N) is 1. The van der Waals surface area contributed by atoms with E-state index in [0.29, 0.717) is 0 Å². The molecule has 21 heavy (non-hydrogen) atoms. The van der Waals surface area contributed by atoms with Crippen molar-refractivity contribution in [1.82, 2.24) is 9.55 Å². The number of aromatic amines is 1. The maximum Gasteiger partial charge on any atom is 0.330 e. The first kappa shape index (κ1) is 14.4. The second kappa shape index (κ2) is 4.73. The average molecular weight is 302 g/mol. The maximum absolute atomic E-state index is 13.4. The molecule has 0 spiro atoms. The van der Waals surface area contributed by atoms with Crippen LogP contribution in [0, 0.1) is 5.82 Å². The standard InChI is InChI=1S/C12H15FN2O6/c1-12(2)20-7-6(4-16)19-10(8(7)21-12)15-3-5(13)9(17)14-11(15)18/h3,6-8,10,16H,4H2,1-2H3,(H,14,17,18)/t6-,7?,8+,10-/m0/s1. The van der Waals surface area contributed by atoms with E-state index in [1.54, 1.807) is 13.8 Å². The Labute approximate surface area is 118 Å². The number of halogens is 1. The van der Waals surface area contributed by atoms with Crippen LogP contribution in [0.25, 0.3) is 0 Å². The van der Waals surface area contributed by atoms with E-state index in [-0.39, 0.29) is 6.61 Å². The summed E-state index contributed by atoms with van der Waals surface area (Å²) in [4.78, 5) is 24.8. The molecular formula is C12H15FN2O6. The van der Waals surface area contributed by atoms with E-state index in [1.807, 2.05) is 4.98 Å². The highest BCUT2D eigenvalue weighted by atomic mass is 19.1. The summed E-state index contributed by atoms with van der Waals surface area (Å²) in [6.07, 6.45) is -2.22. The number of fused-ring (bicyclic) bond motifs is 1. The first-order valence-electron chi connectivity index (χ1n) is 6.45. The van der Waals surface area contributed by atoms with E-state index < -0.39 is 47.4 Å². The Kier molecular flexibility index (Phi) is 3.24. The number of ether oxygens (including phenoxy) is 3. The lowest BCUT2D eigenvalue weighted by Gasteiger charge is -2.24. The molecule has 1 unspecified atom stereocenters. The predicted molar refractivity (Wildman–Crippen MR) is 66.1 cm³/mol. The third-order valence-corrected chi connectivity index (χ3v) is 3.50. The first-order valence-corrected chi connectivity index (χ1v) is 6.45. The van der Waals surface area contributed by atoms with E-state index in [9.17, 15) is 19.1 Å². The molecule has 0 aromatic carbocycles. The maximum atomic E-state index is 13.4. The van der Waals surface area contributed by atoms with Crippen LogP contribution >= 0.6 is 0 Å². The minimum Gasteiger partial charge on any atom is -0.394 e. The highest BCUT2D eigenvalue weighted by Crippen LogP contribution is 2.42. The van der Waals surface area contributed by atoms with Crippen molar-refractivity contribution in [3.63, 3.8) is 0 Å². The lowest BCUT2D eigenvalue weighted by molar-refractivity contribution is -0.200. The number of aromatic nitrogens is 2. The summed E-state index contributed by atoms with van der Waals surface area (Å²) in [5.74, 6) is -2.02. The fourth-order valence-corrected chi connectivity index (χ4v) is 2.68. The van der Waals surface area contributed by atoms with E-state index in [2.05, 4.69) is 0 Å². The van der Waals surface area contributed by atoms with Crippen LogP contribution in [0.4, 0.5) is 4.39 Å². The van der Waals surface area contributed by atoms with Crippen LogP contribution in [0.1, 0.15) is 20.1 Å². The van der Waals surface area contributed by atoms with Crippen molar-refractivity contribution in [1.29, 1.82) is 0 Å². The van der Waals surface area contributed by atoms with Crippen molar-refractivity contribution < 1.29 is 23.7 Å². The zero-order valence-corrected chi connectivity index (χ0v) is 11.4. The van der Waals surface area contributed by atoms with Gasteiger partial charge in [0, 0.05) is 0 Å². The first-order chi connectivity index (χ1) is 9.82. The molecule has 2 aliphatic heterocycles. The van der Waals surface area contributed by atoms with E-state index in [4.69, 9.17) is 14.2 Å². The number of H-pyrrole nitrogens is 1. The van der Waals surface area contributed by atoms with Gasteiger partial charge in [0.25, 0.3) is 5.56 Å². The molecule has 8 nitrogen and oxygen atoms in total. The SMILES string of the molecule is CC1(C)OC2[C@H](CO)O[C@H](n3cc(F)c(=O)[nH]c3=O)[C@@H]2O1. The largest absolute Gasteiger partial charge is 0.394 e. The Hall–Kier alpha value is -1.55. The van der Waals surface area contributed by atoms with Gasteiger partial charge in [-0.1, -0.05) is 0 Å². The van der Waals surface area contributed by atoms with Gasteiger partial charge in [-0.25, -0.2) is 4.79 Å². The summed E-state index contributed by atoms with van der Waals surface area (Å²) >= 11 is 0. The summed E-state index contributed by atoms with van der Waals surface area (Å²) in [6, 6.07) is 0. The lowest BCUT2D eigenvalue weighted by atomic mass is 10.1. The third kappa shape index (κ3) is 2.31. The Bertz CT molecular complexity index is 668. The van der Waals surface area contributed by atoms with Crippen LogP contribution in [-0.2, 0) is 14.2 Å². The van der Waals surface area contributed by atoms with E-state index in [1.165, 1.54) is 0 Å². The van der Waals surface area contributed by atoms with Gasteiger partial charge < -0.3 is 19.3 Å². The molecule has 2 saturated heterocycles. The fourth-order valence-electron chi connectivity index (χ4n) is 2.68. The fraction of sp³-hybridized carbons (Fsp3) is 0.667. The molecule has 2 aliphatic rings. The second-order valence-electron chi connectivity index (χ2n) is 5.46. The molecule has 116 valence electrons. The molecule has 4 atom stereocenters. The Balaban J connectivity index is 2.01. The Morgan fingerprint density at radius 3 is 2.71 bits per heavy atom. The highest BCUT2D eigenvalue weighted by molar-refractivity contribution is 4.99. The van der Waals surface area contributed by atoms with Crippen LogP contribution < -0.4 is 11.2 Å². The number of nitrogens with one attached hydrogen (secondary N) is 1. The topological polar surface area (TPSA) is 103 Å². The molecule has 0 bridgehead atoms. The normalized spacial score (nSPS) is 34.1. The number of hydrogen-bond donors (Lipinski definition) is 2. The van der Waals surface area contributed by atoms with Gasteiger partial charge in [0.15, 0.2) is 12.0 Å². The monoisotopic (exact) mass is 302 g/mol. The van der Waals surface area contributed by atoms with Gasteiger partial charge >= 0.3 is 5.69 Å². The molecule has 3 heterocycles. The summed E-state index contributed by atoms with van der Waals surface area (Å²) in [5.41, 5.74) is -1.93. The van der Waals surface area contributed by atoms with Crippen LogP contribution in [-0.4, -0.2) is 45.4 Å². The molecule has 1 aromatic rings. The lowest BCUT2D eigenvalue weighted by Crippen LogP contribution is -2.38. The molecule has 0 amide bonds. The average Bonchev–Trinajstić information content (AvgIpc) is 2.87. The van der Waals surface area contributed by atoms with Gasteiger partial charge in [0.05, 0.1) is 12.8 Å². The molecule has 9 heteroatoms. The highest BCUT2D eigenvalue weighted by Gasteiger charge is 2.55. The van der Waals surface area contributed by atoms with E-state index >= 15 is 0 Å². The van der Waals surface area contributed by atoms with Gasteiger partial charge in [-0.05, 0) is 13.8 Å². The van der Waals surface area contributed by atoms with Crippen molar-refractivity contribution in [2.24, 2.45) is 0 Å². The Morgan fingerprint density at radius 2 is 2.05 bits per heavy atom. The van der Waals surface area contributed by atoms with Crippen LogP contribution in [0.15, 0.2) is 15.8 Å². The van der Waals surface area contributed by atoms with Crippen LogP contribution in [0.3, 0.4) is 0 Å². The zero-order chi connectivity index (χ0) is 15.4. The van der Waals surface area contributed by atoms with Crippen molar-refractivity contribution in [3.8, 4) is 0 Å². The van der Waals surface area contributed by atoms with Gasteiger partial charge in [0.1, 0.15) is 18.3 Å². The summed E-state index contributed by atoms with van der Waals surface area (Å²) in [5, 5.41) is 9.34. The summed E-state index contributed by atoms with van der Waals surface area (Å²) in [6.45, 7) is 3.04. The van der Waals surface area contributed by atoms with Crippen molar-refractivity contribution >= 4 is 0 Å². The zero-order valence-electron chi connectivity index (χ0n) is 11.4. The number of rotatable bonds is 2. The molecular weight excluding hydrogens is 287 g/mol. The van der Waals surface area contributed by atoms with Gasteiger partial charge in [-0.2, -0.15) is 4.39 Å². The number of hydrogen-bond acceptors (Lipinski definition) is 6. The summed E-state index contributed by atoms with van der Waals surface area (Å²) in [7, 11) is 0. The second-order valence-corrected chi connectivity index (χ2v) is 5.46. The van der Waals surface area contributed by atoms with E-state index in [0.717, 1.165) is 10.8 Å². The predicted octanol–water partition coefficient (Wildman–Crippen LogP) is -0.915. The molecule has 3 rings (SSSR count). The van der Waals surface area contributed by atoms with Crippen LogP contribution in [0.2, 0.25) is 0 Å². The third-order valence-electron chi connectivity index (χ3n) is 3.50. The van der Waals surface area contributed by atoms with Gasteiger partial charge in [0.2, 0.25) is 5.82 Å². The molecule has 0 aliphatic carbocycles. The quantitative estimate of drug-likeness (QED) is 0.733. The van der Waals surface area contributed by atoms with Crippen molar-refractivity contribution in [3.05, 3.63) is 32.9 Å². The smallest absolute Gasteiger partial charge is 0.330 e. The van der Waals surface area contributed by atoms with Crippen molar-refractivity contribution in [2.75, 3.05) is 6.61 Å². The Morgan fingerprint density at radius 1 is 1.38 bits per heavy atom. The molecule has 0 saturated carbocycles. The van der Waals surface area contributed by atoms with Gasteiger partial charge in [-0.15, -0.1) is 0 Å². The van der Waals surface area contributed by atoms with Gasteiger partial charge in [-0.3, -0.25) is 14.3 Å². The minimum atomic E-state index is -1.11. The number of aliphatic hydroxyl groups excluding tert-OH is 1. The molecule has 2 fully saturated rings. The molecule has 0 radical (unpaired) electrons.